The number of nitrogens with zero attached hydrogens (tertiary/aromatic N) is 6. The molecule has 1 unspecified atom stereocenters. The Morgan fingerprint density at radius 3 is 2.59 bits per heavy atom. The number of rotatable bonds is 5. The van der Waals surface area contributed by atoms with Crippen molar-refractivity contribution in [3.05, 3.63) is 18.0 Å². The molecule has 1 saturated carbocycles. The first-order valence-electron chi connectivity index (χ1n) is 11.7. The van der Waals surface area contributed by atoms with Crippen molar-refractivity contribution in [2.75, 3.05) is 66.0 Å². The summed E-state index contributed by atoms with van der Waals surface area (Å²) in [6.45, 7) is 7.72. The van der Waals surface area contributed by atoms with Crippen molar-refractivity contribution in [2.45, 2.75) is 31.8 Å². The molecule has 3 heterocycles. The number of amides is 1. The zero-order valence-electron chi connectivity index (χ0n) is 19.4. The van der Waals surface area contributed by atoms with Gasteiger partial charge in [-0.05, 0) is 12.8 Å². The Balaban J connectivity index is 0.00000289. The fourth-order valence-corrected chi connectivity index (χ4v) is 4.93. The highest BCUT2D eigenvalue weighted by Gasteiger charge is 2.29. The van der Waals surface area contributed by atoms with Gasteiger partial charge in [0.2, 0.25) is 5.91 Å². The maximum Gasteiger partial charge on any atom is 0.225 e. The zero-order valence-corrected chi connectivity index (χ0v) is 21.7. The summed E-state index contributed by atoms with van der Waals surface area (Å²) >= 11 is 0. The summed E-state index contributed by atoms with van der Waals surface area (Å²) in [7, 11) is 3.76. The molecule has 2 saturated heterocycles. The van der Waals surface area contributed by atoms with Crippen molar-refractivity contribution in [2.24, 2.45) is 18.0 Å². The molecule has 1 aliphatic carbocycles. The first-order chi connectivity index (χ1) is 15.1. The van der Waals surface area contributed by atoms with Gasteiger partial charge in [-0.25, -0.2) is 0 Å². The molecule has 4 rings (SSSR count). The predicted octanol–water partition coefficient (Wildman–Crippen LogP) is 1.32. The molecular weight excluding hydrogens is 521 g/mol. The van der Waals surface area contributed by atoms with Crippen LogP contribution < -0.4 is 5.32 Å². The van der Waals surface area contributed by atoms with Crippen LogP contribution in [0.15, 0.2) is 17.4 Å². The number of morpholine rings is 1. The van der Waals surface area contributed by atoms with Crippen LogP contribution in [0.4, 0.5) is 0 Å². The summed E-state index contributed by atoms with van der Waals surface area (Å²) in [6, 6.07) is 0. The standard InChI is InChI=1S/C22H37N7O2.HI/c1-23-22(29-13-14-31-20(17-29)19-15-25-26(2)16-19)24-7-8-27-9-11-28(12-10-27)21(30)18-5-3-4-6-18;/h15-16,18,20H,3-14,17H2,1-2H3,(H,23,24);1H. The number of carbonyl (C=O) groups is 1. The highest BCUT2D eigenvalue weighted by atomic mass is 127. The van der Waals surface area contributed by atoms with Gasteiger partial charge in [0.25, 0.3) is 0 Å². The third-order valence-electron chi connectivity index (χ3n) is 6.77. The van der Waals surface area contributed by atoms with Crippen molar-refractivity contribution >= 4 is 35.8 Å². The van der Waals surface area contributed by atoms with Gasteiger partial charge in [0, 0.05) is 77.6 Å². The van der Waals surface area contributed by atoms with E-state index in [-0.39, 0.29) is 30.1 Å². The lowest BCUT2D eigenvalue weighted by atomic mass is 10.1. The molecule has 9 nitrogen and oxygen atoms in total. The van der Waals surface area contributed by atoms with Crippen LogP contribution in [-0.2, 0) is 16.6 Å². The number of carbonyl (C=O) groups excluding carboxylic acids is 1. The van der Waals surface area contributed by atoms with Crippen LogP contribution in [-0.4, -0.2) is 102 Å². The summed E-state index contributed by atoms with van der Waals surface area (Å²) in [5.41, 5.74) is 1.10. The highest BCUT2D eigenvalue weighted by Crippen LogP contribution is 2.27. The molecule has 1 amide bonds. The second kappa shape index (κ2) is 12.2. The maximum absolute atomic E-state index is 12.6. The van der Waals surface area contributed by atoms with E-state index in [9.17, 15) is 4.79 Å². The Morgan fingerprint density at radius 2 is 1.94 bits per heavy atom. The summed E-state index contributed by atoms with van der Waals surface area (Å²) in [6.07, 6.45) is 8.52. The van der Waals surface area contributed by atoms with Crippen molar-refractivity contribution in [3.8, 4) is 0 Å². The van der Waals surface area contributed by atoms with E-state index in [0.717, 1.165) is 76.7 Å². The second-order valence-electron chi connectivity index (χ2n) is 8.88. The predicted molar refractivity (Wildman–Crippen MR) is 135 cm³/mol. The number of ether oxygens (including phenoxy) is 1. The second-order valence-corrected chi connectivity index (χ2v) is 8.88. The first kappa shape index (κ1) is 25.2. The highest BCUT2D eigenvalue weighted by molar-refractivity contribution is 14.0. The van der Waals surface area contributed by atoms with Gasteiger partial charge in [0.15, 0.2) is 5.96 Å². The fraction of sp³-hybridized carbons (Fsp3) is 0.773. The number of aromatic nitrogens is 2. The molecule has 2 aliphatic heterocycles. The van der Waals surface area contributed by atoms with E-state index >= 15 is 0 Å². The molecule has 10 heteroatoms. The van der Waals surface area contributed by atoms with Gasteiger partial charge < -0.3 is 19.9 Å². The molecule has 180 valence electrons. The fourth-order valence-electron chi connectivity index (χ4n) is 4.93. The van der Waals surface area contributed by atoms with Gasteiger partial charge in [-0.2, -0.15) is 5.10 Å². The van der Waals surface area contributed by atoms with E-state index in [1.807, 2.05) is 31.2 Å². The SMILES string of the molecule is CN=C(NCCN1CCN(C(=O)C2CCCC2)CC1)N1CCOC(c2cnn(C)c2)C1.I. The summed E-state index contributed by atoms with van der Waals surface area (Å²) in [5.74, 6) is 1.61. The topological polar surface area (TPSA) is 78.2 Å². The molecule has 0 bridgehead atoms. The third kappa shape index (κ3) is 6.34. The van der Waals surface area contributed by atoms with Gasteiger partial charge in [-0.15, -0.1) is 24.0 Å². The van der Waals surface area contributed by atoms with E-state index in [2.05, 4.69) is 30.1 Å². The normalized spacial score (nSPS) is 23.3. The summed E-state index contributed by atoms with van der Waals surface area (Å²) < 4.78 is 7.76. The van der Waals surface area contributed by atoms with Gasteiger partial charge in [0.1, 0.15) is 6.10 Å². The molecular formula is C22H38IN7O2. The zero-order chi connectivity index (χ0) is 21.6. The van der Waals surface area contributed by atoms with E-state index in [1.165, 1.54) is 12.8 Å². The molecule has 1 N–H and O–H groups in total. The number of nitrogens with one attached hydrogen (secondary N) is 1. The first-order valence-corrected chi connectivity index (χ1v) is 11.7. The molecule has 1 aromatic rings. The van der Waals surface area contributed by atoms with Crippen molar-refractivity contribution in [1.29, 1.82) is 0 Å². The van der Waals surface area contributed by atoms with Gasteiger partial charge >= 0.3 is 0 Å². The molecule has 32 heavy (non-hydrogen) atoms. The van der Waals surface area contributed by atoms with Gasteiger partial charge in [0.05, 0.1) is 19.3 Å². The van der Waals surface area contributed by atoms with Crippen LogP contribution in [0.3, 0.4) is 0 Å². The lowest BCUT2D eigenvalue weighted by Gasteiger charge is -2.37. The van der Waals surface area contributed by atoms with Gasteiger partial charge in [-0.1, -0.05) is 12.8 Å². The molecule has 3 aliphatic rings. The molecule has 0 aromatic carbocycles. The quantitative estimate of drug-likeness (QED) is 0.333. The van der Waals surface area contributed by atoms with Crippen LogP contribution in [0.5, 0.6) is 0 Å². The number of halogens is 1. The smallest absolute Gasteiger partial charge is 0.225 e. The minimum Gasteiger partial charge on any atom is -0.370 e. The summed E-state index contributed by atoms with van der Waals surface area (Å²) in [4.78, 5) is 23.9. The molecule has 3 fully saturated rings. The lowest BCUT2D eigenvalue weighted by molar-refractivity contribution is -0.137. The summed E-state index contributed by atoms with van der Waals surface area (Å²) in [5, 5.41) is 7.78. The number of piperazine rings is 1. The Kier molecular flexibility index (Phi) is 9.60. The number of hydrogen-bond acceptors (Lipinski definition) is 5. The van der Waals surface area contributed by atoms with Crippen molar-refractivity contribution < 1.29 is 9.53 Å². The molecule has 1 aromatic heterocycles. The minimum atomic E-state index is 0. The Bertz CT molecular complexity index is 757. The van der Waals surface area contributed by atoms with Crippen molar-refractivity contribution in [1.82, 2.24) is 29.8 Å². The molecule has 0 spiro atoms. The Hall–Kier alpha value is -1.40. The van der Waals surface area contributed by atoms with Crippen LogP contribution in [0.25, 0.3) is 0 Å². The maximum atomic E-state index is 12.6. The van der Waals surface area contributed by atoms with Crippen LogP contribution in [0.2, 0.25) is 0 Å². The average molecular weight is 559 g/mol. The number of hydrogen-bond donors (Lipinski definition) is 1. The van der Waals surface area contributed by atoms with E-state index < -0.39 is 0 Å². The number of guanidine groups is 1. The Labute approximate surface area is 208 Å². The van der Waals surface area contributed by atoms with E-state index in [1.54, 1.807) is 0 Å². The average Bonchev–Trinajstić information content (AvgIpc) is 3.49. The molecule has 0 radical (unpaired) electrons. The van der Waals surface area contributed by atoms with Gasteiger partial charge in [-0.3, -0.25) is 19.4 Å². The Morgan fingerprint density at radius 1 is 1.19 bits per heavy atom. The van der Waals surface area contributed by atoms with E-state index in [4.69, 9.17) is 4.74 Å². The van der Waals surface area contributed by atoms with Crippen molar-refractivity contribution in [3.63, 3.8) is 0 Å². The van der Waals surface area contributed by atoms with Crippen LogP contribution >= 0.6 is 24.0 Å². The van der Waals surface area contributed by atoms with E-state index in [0.29, 0.717) is 18.4 Å². The monoisotopic (exact) mass is 559 g/mol. The van der Waals surface area contributed by atoms with Crippen LogP contribution in [0.1, 0.15) is 37.4 Å². The minimum absolute atomic E-state index is 0. The largest absolute Gasteiger partial charge is 0.370 e. The number of aryl methyl sites for hydroxylation is 1. The third-order valence-corrected chi connectivity index (χ3v) is 6.77. The van der Waals surface area contributed by atoms with Crippen LogP contribution in [0, 0.1) is 5.92 Å². The molecule has 1 atom stereocenters. The lowest BCUT2D eigenvalue weighted by Crippen LogP contribution is -2.53. The number of aliphatic imine (C=N–C) groups is 1.